The Morgan fingerprint density at radius 2 is 1.95 bits per heavy atom. The second kappa shape index (κ2) is 7.66. The first-order chi connectivity index (χ1) is 10.2. The summed E-state index contributed by atoms with van der Waals surface area (Å²) < 4.78 is 10.7. The summed E-state index contributed by atoms with van der Waals surface area (Å²) in [7, 11) is 3.36. The summed E-state index contributed by atoms with van der Waals surface area (Å²) in [6, 6.07) is 7.46. The molecular weight excluding hydrogens is 264 g/mol. The maximum absolute atomic E-state index is 5.40. The smallest absolute Gasteiger partial charge is 0.160 e. The predicted octanol–water partition coefficient (Wildman–Crippen LogP) is 2.32. The SMILES string of the molecule is CCCN(C(C)Cc1ccc(OC)c(OC)c1)C1CNC1. The summed E-state index contributed by atoms with van der Waals surface area (Å²) in [6.07, 6.45) is 2.24. The van der Waals surface area contributed by atoms with E-state index in [1.54, 1.807) is 14.2 Å². The fraction of sp³-hybridized carbons (Fsp3) is 0.647. The highest BCUT2D eigenvalue weighted by atomic mass is 16.5. The molecule has 1 unspecified atom stereocenters. The zero-order chi connectivity index (χ0) is 15.2. The largest absolute Gasteiger partial charge is 0.493 e. The lowest BCUT2D eigenvalue weighted by Gasteiger charge is -2.42. The molecule has 1 atom stereocenters. The lowest BCUT2D eigenvalue weighted by atomic mass is 10.0. The van der Waals surface area contributed by atoms with Gasteiger partial charge in [0, 0.05) is 25.2 Å². The van der Waals surface area contributed by atoms with Crippen LogP contribution in [0.15, 0.2) is 18.2 Å². The summed E-state index contributed by atoms with van der Waals surface area (Å²) in [6.45, 7) is 7.99. The van der Waals surface area contributed by atoms with Crippen LogP contribution < -0.4 is 14.8 Å². The Hall–Kier alpha value is -1.26. The van der Waals surface area contributed by atoms with Crippen molar-refractivity contribution in [3.05, 3.63) is 23.8 Å². The number of hydrogen-bond donors (Lipinski definition) is 1. The van der Waals surface area contributed by atoms with Crippen LogP contribution in [0.1, 0.15) is 25.8 Å². The molecule has 0 saturated carbocycles. The van der Waals surface area contributed by atoms with E-state index in [-0.39, 0.29) is 0 Å². The molecular formula is C17H28N2O2. The maximum Gasteiger partial charge on any atom is 0.160 e. The number of ether oxygens (including phenoxy) is 2. The van der Waals surface area contributed by atoms with E-state index in [9.17, 15) is 0 Å². The van der Waals surface area contributed by atoms with Gasteiger partial charge in [0.05, 0.1) is 14.2 Å². The fourth-order valence-corrected chi connectivity index (χ4v) is 2.99. The Bertz CT molecular complexity index is 446. The molecule has 0 bridgehead atoms. The van der Waals surface area contributed by atoms with Gasteiger partial charge < -0.3 is 14.8 Å². The van der Waals surface area contributed by atoms with Crippen molar-refractivity contribution in [2.75, 3.05) is 33.9 Å². The standard InChI is InChI=1S/C17H28N2O2/c1-5-8-19(15-11-18-12-15)13(2)9-14-6-7-16(20-3)17(10-14)21-4/h6-7,10,13,15,18H,5,8-9,11-12H2,1-4H3. The van der Waals surface area contributed by atoms with Crippen molar-refractivity contribution < 1.29 is 9.47 Å². The van der Waals surface area contributed by atoms with Crippen molar-refractivity contribution in [2.45, 2.75) is 38.8 Å². The van der Waals surface area contributed by atoms with Crippen LogP contribution in [0.25, 0.3) is 0 Å². The quantitative estimate of drug-likeness (QED) is 0.797. The van der Waals surface area contributed by atoms with Gasteiger partial charge in [-0.2, -0.15) is 0 Å². The minimum absolute atomic E-state index is 0.537. The van der Waals surface area contributed by atoms with Crippen LogP contribution in [0.2, 0.25) is 0 Å². The Morgan fingerprint density at radius 3 is 2.48 bits per heavy atom. The van der Waals surface area contributed by atoms with Gasteiger partial charge in [-0.1, -0.05) is 13.0 Å². The molecule has 0 aromatic heterocycles. The fourth-order valence-electron chi connectivity index (χ4n) is 2.99. The molecule has 4 nitrogen and oxygen atoms in total. The Balaban J connectivity index is 2.04. The molecule has 1 aliphatic heterocycles. The summed E-state index contributed by atoms with van der Waals surface area (Å²) >= 11 is 0. The van der Waals surface area contributed by atoms with Crippen LogP contribution in [0.5, 0.6) is 11.5 Å². The molecule has 4 heteroatoms. The third-order valence-corrected chi connectivity index (χ3v) is 4.26. The molecule has 1 N–H and O–H groups in total. The molecule has 0 aliphatic carbocycles. The molecule has 0 radical (unpaired) electrons. The maximum atomic E-state index is 5.40. The minimum atomic E-state index is 0.537. The second-order valence-corrected chi connectivity index (χ2v) is 5.79. The summed E-state index contributed by atoms with van der Waals surface area (Å²) in [5.74, 6) is 1.61. The molecule has 1 saturated heterocycles. The van der Waals surface area contributed by atoms with Crippen molar-refractivity contribution >= 4 is 0 Å². The second-order valence-electron chi connectivity index (χ2n) is 5.79. The first-order valence-electron chi connectivity index (χ1n) is 7.87. The molecule has 0 amide bonds. The number of nitrogens with one attached hydrogen (secondary N) is 1. The summed E-state index contributed by atoms with van der Waals surface area (Å²) in [4.78, 5) is 2.63. The van der Waals surface area contributed by atoms with Crippen molar-refractivity contribution in [3.63, 3.8) is 0 Å². The van der Waals surface area contributed by atoms with Crippen LogP contribution in [0.3, 0.4) is 0 Å². The zero-order valence-corrected chi connectivity index (χ0v) is 13.7. The van der Waals surface area contributed by atoms with Crippen molar-refractivity contribution in [1.82, 2.24) is 10.2 Å². The highest BCUT2D eigenvalue weighted by molar-refractivity contribution is 5.43. The Morgan fingerprint density at radius 1 is 1.24 bits per heavy atom. The van der Waals surface area contributed by atoms with E-state index in [1.807, 2.05) is 6.07 Å². The number of methoxy groups -OCH3 is 2. The zero-order valence-electron chi connectivity index (χ0n) is 13.7. The van der Waals surface area contributed by atoms with E-state index >= 15 is 0 Å². The Labute approximate surface area is 128 Å². The van der Waals surface area contributed by atoms with Crippen molar-refractivity contribution in [3.8, 4) is 11.5 Å². The van der Waals surface area contributed by atoms with Crippen molar-refractivity contribution in [2.24, 2.45) is 0 Å². The van der Waals surface area contributed by atoms with Crippen molar-refractivity contribution in [1.29, 1.82) is 0 Å². The molecule has 1 aromatic carbocycles. The molecule has 1 heterocycles. The topological polar surface area (TPSA) is 33.7 Å². The van der Waals surface area contributed by atoms with Gasteiger partial charge in [-0.25, -0.2) is 0 Å². The van der Waals surface area contributed by atoms with Gasteiger partial charge in [0.15, 0.2) is 11.5 Å². The molecule has 1 aliphatic rings. The third kappa shape index (κ3) is 3.89. The van der Waals surface area contributed by atoms with E-state index in [4.69, 9.17) is 9.47 Å². The van der Waals surface area contributed by atoms with Gasteiger partial charge >= 0.3 is 0 Å². The molecule has 118 valence electrons. The highest BCUT2D eigenvalue weighted by Gasteiger charge is 2.27. The normalized spacial score (nSPS) is 16.6. The first kappa shape index (κ1) is 16.1. The number of rotatable bonds is 8. The Kier molecular flexibility index (Phi) is 5.88. The van der Waals surface area contributed by atoms with E-state index in [0.717, 1.165) is 31.0 Å². The average Bonchev–Trinajstić information content (AvgIpc) is 2.44. The molecule has 1 fully saturated rings. The van der Waals surface area contributed by atoms with Crippen LogP contribution in [-0.4, -0.2) is 50.8 Å². The van der Waals surface area contributed by atoms with E-state index in [1.165, 1.54) is 18.5 Å². The monoisotopic (exact) mass is 292 g/mol. The van der Waals surface area contributed by atoms with E-state index < -0.39 is 0 Å². The molecule has 2 rings (SSSR count). The van der Waals surface area contributed by atoms with Gasteiger partial charge in [-0.15, -0.1) is 0 Å². The predicted molar refractivity (Wildman–Crippen MR) is 86.4 cm³/mol. The number of hydrogen-bond acceptors (Lipinski definition) is 4. The number of benzene rings is 1. The lowest BCUT2D eigenvalue weighted by Crippen LogP contribution is -2.59. The first-order valence-corrected chi connectivity index (χ1v) is 7.87. The molecule has 0 spiro atoms. The van der Waals surface area contributed by atoms with Gasteiger partial charge in [-0.05, 0) is 44.0 Å². The summed E-state index contributed by atoms with van der Waals surface area (Å²) in [5, 5.41) is 3.37. The van der Waals surface area contributed by atoms with E-state index in [0.29, 0.717) is 12.1 Å². The molecule has 21 heavy (non-hydrogen) atoms. The average molecular weight is 292 g/mol. The third-order valence-electron chi connectivity index (χ3n) is 4.26. The minimum Gasteiger partial charge on any atom is -0.493 e. The van der Waals surface area contributed by atoms with Gasteiger partial charge in [0.2, 0.25) is 0 Å². The number of nitrogens with zero attached hydrogens (tertiary/aromatic N) is 1. The van der Waals surface area contributed by atoms with E-state index in [2.05, 4.69) is 36.2 Å². The highest BCUT2D eigenvalue weighted by Crippen LogP contribution is 2.28. The van der Waals surface area contributed by atoms with Gasteiger partial charge in [0.25, 0.3) is 0 Å². The van der Waals surface area contributed by atoms with Gasteiger partial charge in [-0.3, -0.25) is 4.90 Å². The van der Waals surface area contributed by atoms with Crippen LogP contribution in [0.4, 0.5) is 0 Å². The summed E-state index contributed by atoms with van der Waals surface area (Å²) in [5.41, 5.74) is 1.30. The lowest BCUT2D eigenvalue weighted by molar-refractivity contribution is 0.103. The van der Waals surface area contributed by atoms with Gasteiger partial charge in [0.1, 0.15) is 0 Å². The van der Waals surface area contributed by atoms with Crippen LogP contribution in [-0.2, 0) is 6.42 Å². The molecule has 1 aromatic rings. The van der Waals surface area contributed by atoms with Crippen LogP contribution >= 0.6 is 0 Å². The van der Waals surface area contributed by atoms with Crippen LogP contribution in [0, 0.1) is 0 Å².